The van der Waals surface area contributed by atoms with Crippen LogP contribution in [0.25, 0.3) is 0 Å². The standard InChI is InChI=1S/C15H24N2/c1-3-4-5-7-12(2)17-10-13-8-6-9-15(16)14(13)11-17/h6,8-9,12H,3-5,7,10-11,16H2,1-2H3. The molecule has 17 heavy (non-hydrogen) atoms. The zero-order chi connectivity index (χ0) is 12.3. The molecule has 1 atom stereocenters. The molecular weight excluding hydrogens is 208 g/mol. The molecule has 0 bridgehead atoms. The van der Waals surface area contributed by atoms with Gasteiger partial charge in [-0.15, -0.1) is 0 Å². The summed E-state index contributed by atoms with van der Waals surface area (Å²) in [6.07, 6.45) is 5.31. The first-order valence-electron chi connectivity index (χ1n) is 6.82. The molecule has 0 radical (unpaired) electrons. The molecular formula is C15H24N2. The number of nitrogens with zero attached hydrogens (tertiary/aromatic N) is 1. The number of fused-ring (bicyclic) bond motifs is 1. The van der Waals surface area contributed by atoms with Crippen molar-refractivity contribution in [1.29, 1.82) is 0 Å². The van der Waals surface area contributed by atoms with Crippen molar-refractivity contribution in [2.75, 3.05) is 5.73 Å². The van der Waals surface area contributed by atoms with Gasteiger partial charge in [0.15, 0.2) is 0 Å². The molecule has 1 aromatic carbocycles. The predicted octanol–water partition coefficient (Wildman–Crippen LogP) is 3.55. The lowest BCUT2D eigenvalue weighted by Gasteiger charge is -2.23. The Hall–Kier alpha value is -1.02. The van der Waals surface area contributed by atoms with Crippen molar-refractivity contribution in [3.05, 3.63) is 29.3 Å². The fourth-order valence-corrected chi connectivity index (χ4v) is 2.66. The normalized spacial score (nSPS) is 17.1. The number of anilines is 1. The van der Waals surface area contributed by atoms with Crippen molar-refractivity contribution in [2.45, 2.75) is 58.7 Å². The van der Waals surface area contributed by atoms with Gasteiger partial charge < -0.3 is 5.73 Å². The smallest absolute Gasteiger partial charge is 0.0363 e. The lowest BCUT2D eigenvalue weighted by Crippen LogP contribution is -2.27. The molecule has 1 aliphatic heterocycles. The SMILES string of the molecule is CCCCCC(C)N1Cc2cccc(N)c2C1. The summed E-state index contributed by atoms with van der Waals surface area (Å²) < 4.78 is 0. The topological polar surface area (TPSA) is 29.3 Å². The first-order valence-corrected chi connectivity index (χ1v) is 6.82. The average Bonchev–Trinajstić information content (AvgIpc) is 2.75. The number of hydrogen-bond acceptors (Lipinski definition) is 2. The minimum absolute atomic E-state index is 0.674. The van der Waals surface area contributed by atoms with Crippen molar-refractivity contribution < 1.29 is 0 Å². The van der Waals surface area contributed by atoms with Crippen LogP contribution in [0.1, 0.15) is 50.7 Å². The minimum Gasteiger partial charge on any atom is -0.398 e. The van der Waals surface area contributed by atoms with E-state index in [1.54, 1.807) is 0 Å². The van der Waals surface area contributed by atoms with Crippen molar-refractivity contribution in [3.8, 4) is 0 Å². The Morgan fingerprint density at radius 1 is 1.29 bits per heavy atom. The van der Waals surface area contributed by atoms with Crippen molar-refractivity contribution in [2.24, 2.45) is 0 Å². The summed E-state index contributed by atoms with van der Waals surface area (Å²) in [6, 6.07) is 6.97. The molecule has 0 saturated carbocycles. The van der Waals surface area contributed by atoms with Crippen LogP contribution in [0.4, 0.5) is 5.69 Å². The Morgan fingerprint density at radius 3 is 2.82 bits per heavy atom. The van der Waals surface area contributed by atoms with E-state index in [0.717, 1.165) is 18.8 Å². The Morgan fingerprint density at radius 2 is 2.12 bits per heavy atom. The van der Waals surface area contributed by atoms with Gasteiger partial charge in [0, 0.05) is 24.8 Å². The summed E-state index contributed by atoms with van der Waals surface area (Å²) in [4.78, 5) is 2.55. The van der Waals surface area contributed by atoms with Crippen LogP contribution >= 0.6 is 0 Å². The quantitative estimate of drug-likeness (QED) is 0.621. The predicted molar refractivity (Wildman–Crippen MR) is 73.7 cm³/mol. The maximum Gasteiger partial charge on any atom is 0.0363 e. The zero-order valence-electron chi connectivity index (χ0n) is 11.1. The molecule has 0 amide bonds. The van der Waals surface area contributed by atoms with Crippen LogP contribution < -0.4 is 5.73 Å². The molecule has 1 unspecified atom stereocenters. The zero-order valence-corrected chi connectivity index (χ0v) is 11.1. The van der Waals surface area contributed by atoms with Crippen LogP contribution in [0, 0.1) is 0 Å². The number of nitrogens with two attached hydrogens (primary N) is 1. The van der Waals surface area contributed by atoms with Gasteiger partial charge in [-0.05, 0) is 30.5 Å². The molecule has 2 heteroatoms. The van der Waals surface area contributed by atoms with Crippen LogP contribution in [0.5, 0.6) is 0 Å². The van der Waals surface area contributed by atoms with Gasteiger partial charge >= 0.3 is 0 Å². The highest BCUT2D eigenvalue weighted by atomic mass is 15.2. The fraction of sp³-hybridized carbons (Fsp3) is 0.600. The molecule has 0 aliphatic carbocycles. The van der Waals surface area contributed by atoms with Crippen LogP contribution in [-0.2, 0) is 13.1 Å². The molecule has 1 aromatic rings. The number of benzene rings is 1. The van der Waals surface area contributed by atoms with Crippen LogP contribution in [-0.4, -0.2) is 10.9 Å². The summed E-state index contributed by atoms with van der Waals surface area (Å²) in [5.41, 5.74) is 9.77. The maximum absolute atomic E-state index is 6.03. The lowest BCUT2D eigenvalue weighted by atomic mass is 10.1. The van der Waals surface area contributed by atoms with Gasteiger partial charge in [0.2, 0.25) is 0 Å². The third-order valence-electron chi connectivity index (χ3n) is 3.89. The Balaban J connectivity index is 1.93. The number of nitrogen functional groups attached to an aromatic ring is 1. The second kappa shape index (κ2) is 5.54. The summed E-state index contributed by atoms with van der Waals surface area (Å²) in [5, 5.41) is 0. The van der Waals surface area contributed by atoms with Gasteiger partial charge in [-0.25, -0.2) is 0 Å². The van der Waals surface area contributed by atoms with Crippen molar-refractivity contribution >= 4 is 5.69 Å². The largest absolute Gasteiger partial charge is 0.398 e. The van der Waals surface area contributed by atoms with E-state index in [4.69, 9.17) is 5.73 Å². The second-order valence-electron chi connectivity index (χ2n) is 5.23. The highest BCUT2D eigenvalue weighted by Gasteiger charge is 2.23. The Bertz CT molecular complexity index is 373. The highest BCUT2D eigenvalue weighted by molar-refractivity contribution is 5.52. The monoisotopic (exact) mass is 232 g/mol. The highest BCUT2D eigenvalue weighted by Crippen LogP contribution is 2.29. The van der Waals surface area contributed by atoms with Crippen molar-refractivity contribution in [3.63, 3.8) is 0 Å². The first-order chi connectivity index (χ1) is 8.22. The molecule has 1 heterocycles. The fourth-order valence-electron chi connectivity index (χ4n) is 2.66. The van der Waals surface area contributed by atoms with E-state index < -0.39 is 0 Å². The van der Waals surface area contributed by atoms with E-state index in [2.05, 4.69) is 30.9 Å². The summed E-state index contributed by atoms with van der Waals surface area (Å²) in [6.45, 7) is 6.72. The Labute approximate surface area is 105 Å². The van der Waals surface area contributed by atoms with E-state index in [9.17, 15) is 0 Å². The lowest BCUT2D eigenvalue weighted by molar-refractivity contribution is 0.199. The summed E-state index contributed by atoms with van der Waals surface area (Å²) in [5.74, 6) is 0. The van der Waals surface area contributed by atoms with E-state index in [-0.39, 0.29) is 0 Å². The van der Waals surface area contributed by atoms with Crippen molar-refractivity contribution in [1.82, 2.24) is 4.90 Å². The minimum atomic E-state index is 0.674. The summed E-state index contributed by atoms with van der Waals surface area (Å²) >= 11 is 0. The van der Waals surface area contributed by atoms with Gasteiger partial charge in [-0.1, -0.05) is 38.3 Å². The van der Waals surface area contributed by atoms with E-state index in [0.29, 0.717) is 6.04 Å². The van der Waals surface area contributed by atoms with E-state index in [1.165, 1.54) is 36.8 Å². The van der Waals surface area contributed by atoms with Gasteiger partial charge in [0.1, 0.15) is 0 Å². The number of rotatable bonds is 5. The molecule has 0 saturated heterocycles. The summed E-state index contributed by atoms with van der Waals surface area (Å²) in [7, 11) is 0. The second-order valence-corrected chi connectivity index (χ2v) is 5.23. The van der Waals surface area contributed by atoms with Crippen LogP contribution in [0.3, 0.4) is 0 Å². The third kappa shape index (κ3) is 2.81. The van der Waals surface area contributed by atoms with Gasteiger partial charge in [-0.3, -0.25) is 4.90 Å². The van der Waals surface area contributed by atoms with E-state index >= 15 is 0 Å². The maximum atomic E-state index is 6.03. The van der Waals surface area contributed by atoms with Crippen LogP contribution in [0.2, 0.25) is 0 Å². The van der Waals surface area contributed by atoms with Gasteiger partial charge in [-0.2, -0.15) is 0 Å². The molecule has 2 rings (SSSR count). The molecule has 2 nitrogen and oxygen atoms in total. The van der Waals surface area contributed by atoms with E-state index in [1.807, 2.05) is 6.07 Å². The first kappa shape index (κ1) is 12.4. The van der Waals surface area contributed by atoms with Crippen LogP contribution in [0.15, 0.2) is 18.2 Å². The molecule has 0 aromatic heterocycles. The molecule has 94 valence electrons. The molecule has 2 N–H and O–H groups in total. The Kier molecular flexibility index (Phi) is 4.06. The van der Waals surface area contributed by atoms with Gasteiger partial charge in [0.25, 0.3) is 0 Å². The average molecular weight is 232 g/mol. The molecule has 1 aliphatic rings. The number of unbranched alkanes of at least 4 members (excludes halogenated alkanes) is 2. The molecule has 0 fully saturated rings. The van der Waals surface area contributed by atoms with Gasteiger partial charge in [0.05, 0.1) is 0 Å². The third-order valence-corrected chi connectivity index (χ3v) is 3.89. The number of hydrogen-bond donors (Lipinski definition) is 1. The molecule has 0 spiro atoms.